The Balaban J connectivity index is 2.75. The lowest BCUT2D eigenvalue weighted by Crippen LogP contribution is -2.03. The van der Waals surface area contributed by atoms with Gasteiger partial charge in [-0.15, -0.1) is 0 Å². The predicted octanol–water partition coefficient (Wildman–Crippen LogP) is 1.94. The number of aromatic nitrogens is 1. The number of rotatable bonds is 3. The number of nitrogens with zero attached hydrogens (tertiary/aromatic N) is 2. The second-order valence-corrected chi connectivity index (χ2v) is 4.12. The summed E-state index contributed by atoms with van der Waals surface area (Å²) >= 11 is 2.10. The summed E-state index contributed by atoms with van der Waals surface area (Å²) in [5, 5.41) is 0. The van der Waals surface area contributed by atoms with Crippen LogP contribution in [0.4, 0.5) is 0 Å². The van der Waals surface area contributed by atoms with Crippen LogP contribution in [0.2, 0.25) is 0 Å². The normalized spacial score (nSPS) is 10.5. The van der Waals surface area contributed by atoms with Crippen molar-refractivity contribution < 1.29 is 4.79 Å². The molecular formula is C10H11IN2O. The van der Waals surface area contributed by atoms with Crippen LogP contribution in [0.15, 0.2) is 30.6 Å². The summed E-state index contributed by atoms with van der Waals surface area (Å²) in [6.45, 7) is 0. The molecule has 1 rings (SSSR count). The lowest BCUT2D eigenvalue weighted by Gasteiger charge is -2.02. The Morgan fingerprint density at radius 2 is 2.21 bits per heavy atom. The second kappa shape index (κ2) is 5.09. The molecule has 1 aromatic rings. The molecule has 0 fully saturated rings. The highest BCUT2D eigenvalue weighted by atomic mass is 127. The highest BCUT2D eigenvalue weighted by molar-refractivity contribution is 14.1. The third-order valence-corrected chi connectivity index (χ3v) is 2.17. The quantitative estimate of drug-likeness (QED) is 0.370. The number of pyridine rings is 1. The molecule has 0 unspecified atom stereocenters. The van der Waals surface area contributed by atoms with E-state index in [9.17, 15) is 4.79 Å². The summed E-state index contributed by atoms with van der Waals surface area (Å²) in [6, 6.07) is 3.59. The van der Waals surface area contributed by atoms with Crippen molar-refractivity contribution in [3.63, 3.8) is 0 Å². The van der Waals surface area contributed by atoms with Gasteiger partial charge in [0.05, 0.1) is 0 Å². The van der Waals surface area contributed by atoms with Crippen molar-refractivity contribution in [1.82, 2.24) is 9.88 Å². The van der Waals surface area contributed by atoms with Gasteiger partial charge in [-0.1, -0.05) is 0 Å². The van der Waals surface area contributed by atoms with E-state index in [1.807, 2.05) is 25.1 Å². The SMILES string of the molecule is CN(C)/C=C/C(=O)c1ccc(I)nc1. The van der Waals surface area contributed by atoms with E-state index in [2.05, 4.69) is 27.6 Å². The molecule has 0 N–H and O–H groups in total. The Morgan fingerprint density at radius 3 is 2.71 bits per heavy atom. The minimum Gasteiger partial charge on any atom is -0.383 e. The van der Waals surface area contributed by atoms with Gasteiger partial charge < -0.3 is 4.90 Å². The number of carbonyl (C=O) groups excluding carboxylic acids is 1. The predicted molar refractivity (Wildman–Crippen MR) is 64.1 cm³/mol. The zero-order valence-electron chi connectivity index (χ0n) is 8.07. The summed E-state index contributed by atoms with van der Waals surface area (Å²) in [5.41, 5.74) is 0.614. The minimum absolute atomic E-state index is 0.0254. The van der Waals surface area contributed by atoms with E-state index < -0.39 is 0 Å². The molecule has 74 valence electrons. The summed E-state index contributed by atoms with van der Waals surface area (Å²) in [6.07, 6.45) is 4.84. The van der Waals surface area contributed by atoms with E-state index in [1.54, 1.807) is 18.5 Å². The minimum atomic E-state index is -0.0254. The summed E-state index contributed by atoms with van der Waals surface area (Å²) in [4.78, 5) is 17.4. The molecule has 0 aromatic carbocycles. The first-order chi connectivity index (χ1) is 6.59. The van der Waals surface area contributed by atoms with Crippen molar-refractivity contribution in [3.05, 3.63) is 39.9 Å². The van der Waals surface area contributed by atoms with Gasteiger partial charge in [0.1, 0.15) is 3.70 Å². The van der Waals surface area contributed by atoms with E-state index in [4.69, 9.17) is 0 Å². The van der Waals surface area contributed by atoms with Crippen molar-refractivity contribution in [2.75, 3.05) is 14.1 Å². The maximum atomic E-state index is 11.5. The second-order valence-electron chi connectivity index (χ2n) is 3.01. The highest BCUT2D eigenvalue weighted by Gasteiger charge is 2.01. The molecule has 0 amide bonds. The first-order valence-electron chi connectivity index (χ1n) is 4.10. The lowest BCUT2D eigenvalue weighted by molar-refractivity contribution is 0.104. The summed E-state index contributed by atoms with van der Waals surface area (Å²) < 4.78 is 0.885. The lowest BCUT2D eigenvalue weighted by atomic mass is 10.2. The maximum absolute atomic E-state index is 11.5. The summed E-state index contributed by atoms with van der Waals surface area (Å²) in [7, 11) is 3.74. The van der Waals surface area contributed by atoms with E-state index in [0.29, 0.717) is 5.56 Å². The van der Waals surface area contributed by atoms with Crippen LogP contribution < -0.4 is 0 Å². The molecule has 1 heterocycles. The van der Waals surface area contributed by atoms with E-state index in [0.717, 1.165) is 3.70 Å². The molecule has 14 heavy (non-hydrogen) atoms. The largest absolute Gasteiger partial charge is 0.383 e. The van der Waals surface area contributed by atoms with Crippen LogP contribution in [-0.4, -0.2) is 29.8 Å². The van der Waals surface area contributed by atoms with E-state index >= 15 is 0 Å². The van der Waals surface area contributed by atoms with Gasteiger partial charge in [0.2, 0.25) is 0 Å². The fourth-order valence-electron chi connectivity index (χ4n) is 0.835. The van der Waals surface area contributed by atoms with Gasteiger partial charge in [0, 0.05) is 38.1 Å². The van der Waals surface area contributed by atoms with Crippen LogP contribution >= 0.6 is 22.6 Å². The first-order valence-corrected chi connectivity index (χ1v) is 5.18. The molecule has 0 radical (unpaired) electrons. The van der Waals surface area contributed by atoms with Crippen molar-refractivity contribution in [2.24, 2.45) is 0 Å². The Bertz CT molecular complexity index is 344. The van der Waals surface area contributed by atoms with Crippen molar-refractivity contribution >= 4 is 28.4 Å². The average molecular weight is 302 g/mol. The van der Waals surface area contributed by atoms with Crippen molar-refractivity contribution in [1.29, 1.82) is 0 Å². The van der Waals surface area contributed by atoms with Gasteiger partial charge in [-0.2, -0.15) is 0 Å². The molecule has 0 saturated carbocycles. The zero-order valence-corrected chi connectivity index (χ0v) is 10.2. The Morgan fingerprint density at radius 1 is 1.50 bits per heavy atom. The van der Waals surface area contributed by atoms with Gasteiger partial charge in [0.15, 0.2) is 5.78 Å². The number of hydrogen-bond donors (Lipinski definition) is 0. The van der Waals surface area contributed by atoms with Gasteiger partial charge >= 0.3 is 0 Å². The molecule has 0 spiro atoms. The molecule has 3 nitrogen and oxygen atoms in total. The maximum Gasteiger partial charge on any atom is 0.188 e. The highest BCUT2D eigenvalue weighted by Crippen LogP contribution is 2.04. The van der Waals surface area contributed by atoms with E-state index in [-0.39, 0.29) is 5.78 Å². The van der Waals surface area contributed by atoms with Crippen molar-refractivity contribution in [3.8, 4) is 0 Å². The van der Waals surface area contributed by atoms with Crippen molar-refractivity contribution in [2.45, 2.75) is 0 Å². The fourth-order valence-corrected chi connectivity index (χ4v) is 1.15. The van der Waals surface area contributed by atoms with Gasteiger partial charge in [-0.05, 0) is 34.7 Å². The standard InChI is InChI=1S/C10H11IN2O/c1-13(2)6-5-9(14)8-3-4-10(11)12-7-8/h3-7H,1-2H3/b6-5+. The molecule has 0 aliphatic heterocycles. The molecule has 0 atom stereocenters. The number of allylic oxidation sites excluding steroid dienone is 1. The molecule has 0 bridgehead atoms. The molecule has 0 aliphatic carbocycles. The molecular weight excluding hydrogens is 291 g/mol. The topological polar surface area (TPSA) is 33.2 Å². The average Bonchev–Trinajstić information content (AvgIpc) is 2.15. The third-order valence-electron chi connectivity index (χ3n) is 1.54. The van der Waals surface area contributed by atoms with Crippen LogP contribution in [0.5, 0.6) is 0 Å². The third kappa shape index (κ3) is 3.45. The van der Waals surface area contributed by atoms with Gasteiger partial charge in [0.25, 0.3) is 0 Å². The Kier molecular flexibility index (Phi) is 4.06. The van der Waals surface area contributed by atoms with Crippen LogP contribution in [0.25, 0.3) is 0 Å². The number of ketones is 1. The van der Waals surface area contributed by atoms with Gasteiger partial charge in [-0.25, -0.2) is 4.98 Å². The smallest absolute Gasteiger partial charge is 0.188 e. The van der Waals surface area contributed by atoms with Gasteiger partial charge in [-0.3, -0.25) is 4.79 Å². The van der Waals surface area contributed by atoms with Crippen LogP contribution in [0.1, 0.15) is 10.4 Å². The van der Waals surface area contributed by atoms with Crippen LogP contribution in [0, 0.1) is 3.70 Å². The number of carbonyl (C=O) groups is 1. The fraction of sp³-hybridized carbons (Fsp3) is 0.200. The molecule has 4 heteroatoms. The van der Waals surface area contributed by atoms with Crippen LogP contribution in [0.3, 0.4) is 0 Å². The summed E-state index contributed by atoms with van der Waals surface area (Å²) in [5.74, 6) is -0.0254. The monoisotopic (exact) mass is 302 g/mol. The molecule has 0 saturated heterocycles. The Labute approximate surface area is 97.0 Å². The van der Waals surface area contributed by atoms with Crippen LogP contribution in [-0.2, 0) is 0 Å². The van der Waals surface area contributed by atoms with E-state index in [1.165, 1.54) is 6.08 Å². The first kappa shape index (κ1) is 11.2. The molecule has 0 aliphatic rings. The Hall–Kier alpha value is -0.910. The molecule has 1 aromatic heterocycles. The number of halogens is 1. The number of hydrogen-bond acceptors (Lipinski definition) is 3. The zero-order chi connectivity index (χ0) is 10.6.